The molecular formula is C25H33N5O5. The molecule has 1 aliphatic carbocycles. The van der Waals surface area contributed by atoms with Crippen LogP contribution in [0.2, 0.25) is 0 Å². The van der Waals surface area contributed by atoms with Crippen molar-refractivity contribution in [1.29, 1.82) is 0 Å². The van der Waals surface area contributed by atoms with Gasteiger partial charge in [0.05, 0.1) is 22.4 Å². The van der Waals surface area contributed by atoms with Crippen molar-refractivity contribution in [3.05, 3.63) is 28.3 Å². The van der Waals surface area contributed by atoms with Crippen LogP contribution in [0.1, 0.15) is 57.8 Å². The fraction of sp³-hybridized carbons (Fsp3) is 0.640. The van der Waals surface area contributed by atoms with Crippen molar-refractivity contribution in [3.8, 4) is 0 Å². The fourth-order valence-corrected chi connectivity index (χ4v) is 6.64. The van der Waals surface area contributed by atoms with Gasteiger partial charge in [-0.15, -0.1) is 0 Å². The molecule has 35 heavy (non-hydrogen) atoms. The number of amides is 3. The molecule has 10 heteroatoms. The molecule has 1 aromatic carbocycles. The van der Waals surface area contributed by atoms with Crippen LogP contribution >= 0.6 is 0 Å². The van der Waals surface area contributed by atoms with E-state index in [4.69, 9.17) is 5.73 Å². The smallest absolute Gasteiger partial charge is 0.294 e. The molecular weight excluding hydrogens is 450 g/mol. The van der Waals surface area contributed by atoms with Crippen LogP contribution in [0.3, 0.4) is 0 Å². The molecule has 0 spiro atoms. The summed E-state index contributed by atoms with van der Waals surface area (Å²) in [5.41, 5.74) is 5.74. The first-order valence-electron chi connectivity index (χ1n) is 12.8. The highest BCUT2D eigenvalue weighted by Crippen LogP contribution is 2.43. The Hall–Kier alpha value is -3.01. The third kappa shape index (κ3) is 3.97. The van der Waals surface area contributed by atoms with E-state index >= 15 is 0 Å². The Labute approximate surface area is 204 Å². The number of nitrogens with two attached hydrogens (primary N) is 1. The maximum atomic E-state index is 13.0. The largest absolute Gasteiger partial charge is 0.368 e. The van der Waals surface area contributed by atoms with E-state index in [0.29, 0.717) is 44.5 Å². The van der Waals surface area contributed by atoms with Gasteiger partial charge in [-0.3, -0.25) is 29.4 Å². The van der Waals surface area contributed by atoms with Crippen molar-refractivity contribution in [2.75, 3.05) is 36.0 Å². The van der Waals surface area contributed by atoms with E-state index in [0.717, 1.165) is 50.1 Å². The number of hydrogen-bond donors (Lipinski definition) is 1. The Kier molecular flexibility index (Phi) is 6.25. The monoisotopic (exact) mass is 483 g/mol. The number of imide groups is 1. The topological polar surface area (TPSA) is 130 Å². The minimum absolute atomic E-state index is 0.137. The first kappa shape index (κ1) is 23.7. The van der Waals surface area contributed by atoms with Crippen LogP contribution < -0.4 is 15.5 Å². The van der Waals surface area contributed by atoms with Gasteiger partial charge in [0, 0.05) is 19.2 Å². The average molecular weight is 484 g/mol. The summed E-state index contributed by atoms with van der Waals surface area (Å²) in [6.45, 7) is 2.62. The molecule has 10 nitrogen and oxygen atoms in total. The Bertz CT molecular complexity index is 1020. The summed E-state index contributed by atoms with van der Waals surface area (Å²) in [4.78, 5) is 55.4. The summed E-state index contributed by atoms with van der Waals surface area (Å²) in [5, 5.41) is 12.0. The number of nitro benzene ring substituents is 1. The molecule has 0 bridgehead atoms. The van der Waals surface area contributed by atoms with E-state index in [1.165, 1.54) is 6.07 Å². The summed E-state index contributed by atoms with van der Waals surface area (Å²) >= 11 is 0. The van der Waals surface area contributed by atoms with E-state index in [1.54, 1.807) is 12.1 Å². The molecule has 1 saturated carbocycles. The Morgan fingerprint density at radius 2 is 1.54 bits per heavy atom. The molecule has 3 saturated heterocycles. The average Bonchev–Trinajstić information content (AvgIpc) is 3.14. The van der Waals surface area contributed by atoms with Gasteiger partial charge in [-0.1, -0.05) is 19.3 Å². The van der Waals surface area contributed by atoms with Crippen molar-refractivity contribution in [2.24, 2.45) is 17.6 Å². The van der Waals surface area contributed by atoms with E-state index in [-0.39, 0.29) is 40.9 Å². The number of carbonyl (C=O) groups excluding carboxylic acids is 3. The number of primary amides is 1. The lowest BCUT2D eigenvalue weighted by molar-refractivity contribution is -0.384. The van der Waals surface area contributed by atoms with Gasteiger partial charge < -0.3 is 10.6 Å². The highest BCUT2D eigenvalue weighted by molar-refractivity contribution is 6.22. The molecule has 188 valence electrons. The highest BCUT2D eigenvalue weighted by Gasteiger charge is 2.49. The lowest BCUT2D eigenvalue weighted by atomic mass is 9.81. The Morgan fingerprint density at radius 3 is 2.09 bits per heavy atom. The molecule has 1 aromatic rings. The number of likely N-dealkylation sites (tertiary alicyclic amines) is 1. The number of carbonyl (C=O) groups is 3. The Morgan fingerprint density at radius 1 is 0.943 bits per heavy atom. The molecule has 4 aliphatic rings. The quantitative estimate of drug-likeness (QED) is 0.387. The number of piperidine rings is 2. The van der Waals surface area contributed by atoms with Crippen molar-refractivity contribution in [1.82, 2.24) is 4.90 Å². The van der Waals surface area contributed by atoms with Crippen LogP contribution in [-0.2, 0) is 14.4 Å². The summed E-state index contributed by atoms with van der Waals surface area (Å²) < 4.78 is 0. The summed E-state index contributed by atoms with van der Waals surface area (Å²) in [5.74, 6) is -1.43. The summed E-state index contributed by atoms with van der Waals surface area (Å²) in [6.07, 6.45) is 7.48. The maximum Gasteiger partial charge on any atom is 0.294 e. The minimum Gasteiger partial charge on any atom is -0.368 e. The normalized spacial score (nSPS) is 27.1. The van der Waals surface area contributed by atoms with E-state index < -0.39 is 10.5 Å². The number of benzene rings is 1. The van der Waals surface area contributed by atoms with Crippen LogP contribution in [0.5, 0.6) is 0 Å². The SMILES string of the molecule is NC(=O)C1(N2CCCCC2)CCN(c2ccc(N3C(=O)C4CCCCC4C3=O)cc2[N+](=O)[O-])CC1. The van der Waals surface area contributed by atoms with Crippen molar-refractivity contribution in [3.63, 3.8) is 0 Å². The highest BCUT2D eigenvalue weighted by atomic mass is 16.6. The van der Waals surface area contributed by atoms with Gasteiger partial charge in [0.15, 0.2) is 0 Å². The number of hydrogen-bond acceptors (Lipinski definition) is 7. The molecule has 2 atom stereocenters. The molecule has 5 rings (SSSR count). The maximum absolute atomic E-state index is 13.0. The predicted molar refractivity (Wildman–Crippen MR) is 130 cm³/mol. The number of fused-ring (bicyclic) bond motifs is 1. The summed E-state index contributed by atoms with van der Waals surface area (Å²) in [7, 11) is 0. The van der Waals surface area contributed by atoms with Crippen molar-refractivity contribution >= 4 is 34.8 Å². The van der Waals surface area contributed by atoms with Crippen LogP contribution in [0.4, 0.5) is 17.1 Å². The van der Waals surface area contributed by atoms with E-state index in [1.807, 2.05) is 4.90 Å². The first-order valence-corrected chi connectivity index (χ1v) is 12.8. The van der Waals surface area contributed by atoms with Crippen LogP contribution in [0.15, 0.2) is 18.2 Å². The first-order chi connectivity index (χ1) is 16.8. The third-order valence-electron chi connectivity index (χ3n) is 8.61. The zero-order valence-electron chi connectivity index (χ0n) is 20.0. The zero-order valence-corrected chi connectivity index (χ0v) is 20.0. The van der Waals surface area contributed by atoms with Gasteiger partial charge in [-0.25, -0.2) is 4.90 Å². The lowest BCUT2D eigenvalue weighted by Gasteiger charge is -2.48. The number of rotatable bonds is 5. The number of nitrogens with zero attached hydrogens (tertiary/aromatic N) is 4. The molecule has 2 N–H and O–H groups in total. The van der Waals surface area contributed by atoms with Crippen molar-refractivity contribution in [2.45, 2.75) is 63.3 Å². The molecule has 3 heterocycles. The van der Waals surface area contributed by atoms with Crippen LogP contribution in [0.25, 0.3) is 0 Å². The lowest BCUT2D eigenvalue weighted by Crippen LogP contribution is -2.63. The van der Waals surface area contributed by atoms with Crippen LogP contribution in [0, 0.1) is 22.0 Å². The van der Waals surface area contributed by atoms with Crippen LogP contribution in [-0.4, -0.2) is 59.3 Å². The number of anilines is 2. The Balaban J connectivity index is 1.39. The molecule has 3 amide bonds. The standard InChI is InChI=1S/C25H33N5O5/c26-24(33)25(28-12-4-1-5-13-28)10-14-27(15-11-25)20-9-8-17(16-21(20)30(34)35)29-22(31)18-6-2-3-7-19(18)23(29)32/h8-9,16,18-19H,1-7,10-15H2,(H2,26,33). The van der Waals surface area contributed by atoms with E-state index in [9.17, 15) is 24.5 Å². The van der Waals surface area contributed by atoms with E-state index in [2.05, 4.69) is 4.90 Å². The predicted octanol–water partition coefficient (Wildman–Crippen LogP) is 2.58. The minimum atomic E-state index is -0.712. The van der Waals surface area contributed by atoms with Gasteiger partial charge in [0.1, 0.15) is 11.2 Å². The fourth-order valence-electron chi connectivity index (χ4n) is 6.64. The zero-order chi connectivity index (χ0) is 24.7. The summed E-state index contributed by atoms with van der Waals surface area (Å²) in [6, 6.07) is 4.62. The molecule has 0 aromatic heterocycles. The second kappa shape index (κ2) is 9.22. The second-order valence-corrected chi connectivity index (χ2v) is 10.4. The second-order valence-electron chi connectivity index (χ2n) is 10.4. The number of nitro groups is 1. The van der Waals surface area contributed by atoms with Gasteiger partial charge in [-0.05, 0) is 63.7 Å². The van der Waals surface area contributed by atoms with Gasteiger partial charge in [-0.2, -0.15) is 0 Å². The molecule has 2 unspecified atom stereocenters. The molecule has 0 radical (unpaired) electrons. The van der Waals surface area contributed by atoms with Gasteiger partial charge >= 0.3 is 0 Å². The van der Waals surface area contributed by atoms with Gasteiger partial charge in [0.25, 0.3) is 5.69 Å². The molecule has 4 fully saturated rings. The molecule has 3 aliphatic heterocycles. The van der Waals surface area contributed by atoms with Crippen molar-refractivity contribution < 1.29 is 19.3 Å². The van der Waals surface area contributed by atoms with Gasteiger partial charge in [0.2, 0.25) is 17.7 Å². The third-order valence-corrected chi connectivity index (χ3v) is 8.61.